The Morgan fingerprint density at radius 2 is 0.603 bits per heavy atom. The zero-order valence-electron chi connectivity index (χ0n) is 52.9. The third-order valence-corrected chi connectivity index (χ3v) is 16.7. The van der Waals surface area contributed by atoms with Crippen molar-refractivity contribution >= 4 is 11.9 Å². The second kappa shape index (κ2) is 67.8. The predicted octanol–water partition coefficient (Wildman–Crippen LogP) is 22.9. The highest BCUT2D eigenvalue weighted by atomic mass is 16.5. The third-order valence-electron chi connectivity index (χ3n) is 16.7. The van der Waals surface area contributed by atoms with Crippen LogP contribution < -0.4 is 5.32 Å². The molecule has 6 nitrogen and oxygen atoms in total. The molecule has 2 atom stereocenters. The van der Waals surface area contributed by atoms with E-state index in [2.05, 4.69) is 31.3 Å². The Kier molecular flexibility index (Phi) is 66.4. The molecule has 0 radical (unpaired) electrons. The van der Waals surface area contributed by atoms with Crippen LogP contribution in [0.5, 0.6) is 0 Å². The summed E-state index contributed by atoms with van der Waals surface area (Å²) in [5.74, 6) is -0.0530. The van der Waals surface area contributed by atoms with Crippen LogP contribution in [0.3, 0.4) is 0 Å². The van der Waals surface area contributed by atoms with Crippen LogP contribution in [0.15, 0.2) is 24.3 Å². The van der Waals surface area contributed by atoms with E-state index in [1.54, 1.807) is 6.08 Å². The Morgan fingerprint density at radius 1 is 0.346 bits per heavy atom. The molecule has 0 aromatic heterocycles. The zero-order valence-corrected chi connectivity index (χ0v) is 52.9. The normalized spacial score (nSPS) is 12.6. The minimum absolute atomic E-state index is 0.0151. The van der Waals surface area contributed by atoms with E-state index in [1.807, 2.05) is 6.08 Å². The molecule has 0 aromatic carbocycles. The standard InChI is InChI=1S/C72H139NO5/c1-3-5-7-9-11-13-15-17-19-20-21-22-25-28-31-34-37-40-44-48-52-56-60-64-70(75)69(68-74)73-71(76)65-61-57-53-49-45-41-38-35-32-29-26-23-24-27-30-33-36-39-43-47-51-55-59-63-67-78-72(77)66-62-58-54-50-46-42-18-16-14-12-10-8-6-4-2/h26,29,60,64,69-70,74-75H,3-25,27-28,30-59,61-63,65-68H2,1-2H3,(H,73,76)/b29-26-,64-60+. The second-order valence-corrected chi connectivity index (χ2v) is 24.6. The van der Waals surface area contributed by atoms with Gasteiger partial charge in [0.15, 0.2) is 0 Å². The molecule has 0 rings (SSSR count). The summed E-state index contributed by atoms with van der Waals surface area (Å²) in [5, 5.41) is 23.3. The van der Waals surface area contributed by atoms with Crippen LogP contribution in [0, 0.1) is 0 Å². The molecule has 0 heterocycles. The highest BCUT2D eigenvalue weighted by Crippen LogP contribution is 2.19. The van der Waals surface area contributed by atoms with Crippen LogP contribution in [0.4, 0.5) is 0 Å². The molecule has 2 unspecified atom stereocenters. The van der Waals surface area contributed by atoms with Crippen LogP contribution in [0.25, 0.3) is 0 Å². The monoisotopic (exact) mass is 1100 g/mol. The number of hydrogen-bond acceptors (Lipinski definition) is 5. The Hall–Kier alpha value is -1.66. The molecule has 0 aromatic rings. The molecule has 0 bridgehead atoms. The first-order valence-corrected chi connectivity index (χ1v) is 35.6. The number of unbranched alkanes of at least 4 members (excludes halogenated alkanes) is 54. The van der Waals surface area contributed by atoms with Crippen molar-refractivity contribution in [2.75, 3.05) is 13.2 Å². The Morgan fingerprint density at radius 3 is 0.910 bits per heavy atom. The number of rotatable bonds is 67. The number of carbonyl (C=O) groups excluding carboxylic acids is 2. The van der Waals surface area contributed by atoms with Crippen LogP contribution in [-0.2, 0) is 14.3 Å². The van der Waals surface area contributed by atoms with Crippen molar-refractivity contribution in [1.82, 2.24) is 5.32 Å². The van der Waals surface area contributed by atoms with Gasteiger partial charge in [0.1, 0.15) is 0 Å². The maximum absolute atomic E-state index is 12.5. The lowest BCUT2D eigenvalue weighted by molar-refractivity contribution is -0.143. The molecule has 0 saturated carbocycles. The van der Waals surface area contributed by atoms with Gasteiger partial charge in [0.05, 0.1) is 25.4 Å². The highest BCUT2D eigenvalue weighted by molar-refractivity contribution is 5.76. The van der Waals surface area contributed by atoms with E-state index >= 15 is 0 Å². The smallest absolute Gasteiger partial charge is 0.305 e. The first-order valence-electron chi connectivity index (χ1n) is 35.6. The van der Waals surface area contributed by atoms with Crippen molar-refractivity contribution in [3.8, 4) is 0 Å². The van der Waals surface area contributed by atoms with Gasteiger partial charge in [-0.25, -0.2) is 0 Å². The molecule has 0 aliphatic rings. The van der Waals surface area contributed by atoms with Crippen molar-refractivity contribution in [2.45, 2.75) is 411 Å². The summed E-state index contributed by atoms with van der Waals surface area (Å²) in [6.45, 7) is 4.94. The summed E-state index contributed by atoms with van der Waals surface area (Å²) >= 11 is 0. The van der Waals surface area contributed by atoms with Gasteiger partial charge >= 0.3 is 5.97 Å². The Balaban J connectivity index is 3.42. The van der Waals surface area contributed by atoms with Crippen molar-refractivity contribution in [3.63, 3.8) is 0 Å². The summed E-state index contributed by atoms with van der Waals surface area (Å²) in [6.07, 6.45) is 85.4. The van der Waals surface area contributed by atoms with Crippen LogP contribution >= 0.6 is 0 Å². The fourth-order valence-corrected chi connectivity index (χ4v) is 11.3. The minimum atomic E-state index is -0.848. The molecule has 0 fully saturated rings. The number of nitrogens with one attached hydrogen (secondary N) is 1. The van der Waals surface area contributed by atoms with Gasteiger partial charge in [0.25, 0.3) is 0 Å². The summed E-state index contributed by atoms with van der Waals surface area (Å²) in [6, 6.07) is -0.632. The SMILES string of the molecule is CCCCCCCCCCCCCCCCCCCCCCC/C=C/C(O)C(CO)NC(=O)CCCCCCCCCC/C=C\CCCCCCCCCCCCCCOC(=O)CCCCCCCCCCCCCCCC. The molecule has 0 aliphatic heterocycles. The Bertz CT molecular complexity index is 1220. The maximum Gasteiger partial charge on any atom is 0.305 e. The lowest BCUT2D eigenvalue weighted by atomic mass is 10.0. The number of carbonyl (C=O) groups is 2. The van der Waals surface area contributed by atoms with E-state index < -0.39 is 12.1 Å². The molecule has 0 spiro atoms. The van der Waals surface area contributed by atoms with E-state index in [9.17, 15) is 19.8 Å². The number of ether oxygens (including phenoxy) is 1. The van der Waals surface area contributed by atoms with Crippen molar-refractivity contribution in [1.29, 1.82) is 0 Å². The lowest BCUT2D eigenvalue weighted by Gasteiger charge is -2.20. The van der Waals surface area contributed by atoms with Gasteiger partial charge in [-0.3, -0.25) is 9.59 Å². The first-order chi connectivity index (χ1) is 38.5. The quantitative estimate of drug-likeness (QED) is 0.0320. The van der Waals surface area contributed by atoms with E-state index in [-0.39, 0.29) is 18.5 Å². The van der Waals surface area contributed by atoms with E-state index in [4.69, 9.17) is 4.74 Å². The van der Waals surface area contributed by atoms with Crippen LogP contribution in [-0.4, -0.2) is 47.4 Å². The molecular formula is C72H139NO5. The van der Waals surface area contributed by atoms with Gasteiger partial charge < -0.3 is 20.3 Å². The second-order valence-electron chi connectivity index (χ2n) is 24.6. The number of aliphatic hydroxyl groups is 2. The summed E-state index contributed by atoms with van der Waals surface area (Å²) in [7, 11) is 0. The fourth-order valence-electron chi connectivity index (χ4n) is 11.3. The third kappa shape index (κ3) is 63.5. The predicted molar refractivity (Wildman–Crippen MR) is 343 cm³/mol. The number of hydrogen-bond donors (Lipinski definition) is 3. The Labute approximate surface area is 488 Å². The van der Waals surface area contributed by atoms with Gasteiger partial charge in [-0.15, -0.1) is 0 Å². The average molecular weight is 1100 g/mol. The summed E-state index contributed by atoms with van der Waals surface area (Å²) < 4.78 is 5.49. The van der Waals surface area contributed by atoms with Gasteiger partial charge in [-0.05, 0) is 57.8 Å². The fraction of sp³-hybridized carbons (Fsp3) is 0.917. The van der Waals surface area contributed by atoms with Gasteiger partial charge in [0.2, 0.25) is 5.91 Å². The average Bonchev–Trinajstić information content (AvgIpc) is 3.44. The number of allylic oxidation sites excluding steroid dienone is 3. The number of amides is 1. The van der Waals surface area contributed by atoms with E-state index in [0.29, 0.717) is 19.4 Å². The number of esters is 1. The lowest BCUT2D eigenvalue weighted by Crippen LogP contribution is -2.45. The molecule has 0 saturated heterocycles. The molecule has 462 valence electrons. The maximum atomic E-state index is 12.5. The molecule has 6 heteroatoms. The molecule has 3 N–H and O–H groups in total. The van der Waals surface area contributed by atoms with Crippen molar-refractivity contribution in [2.24, 2.45) is 0 Å². The van der Waals surface area contributed by atoms with E-state index in [1.165, 1.54) is 334 Å². The molecule has 0 aliphatic carbocycles. The molecule has 1 amide bonds. The molecular weight excluding hydrogens is 959 g/mol. The first kappa shape index (κ1) is 76.3. The molecule has 78 heavy (non-hydrogen) atoms. The van der Waals surface area contributed by atoms with E-state index in [0.717, 1.165) is 38.5 Å². The van der Waals surface area contributed by atoms with Gasteiger partial charge in [0, 0.05) is 12.8 Å². The largest absolute Gasteiger partial charge is 0.466 e. The van der Waals surface area contributed by atoms with Gasteiger partial charge in [-0.1, -0.05) is 353 Å². The van der Waals surface area contributed by atoms with Crippen molar-refractivity contribution < 1.29 is 24.5 Å². The highest BCUT2D eigenvalue weighted by Gasteiger charge is 2.18. The topological polar surface area (TPSA) is 95.9 Å². The number of aliphatic hydroxyl groups excluding tert-OH is 2. The van der Waals surface area contributed by atoms with Crippen LogP contribution in [0.1, 0.15) is 399 Å². The van der Waals surface area contributed by atoms with Crippen LogP contribution in [0.2, 0.25) is 0 Å². The van der Waals surface area contributed by atoms with Crippen molar-refractivity contribution in [3.05, 3.63) is 24.3 Å². The summed E-state index contributed by atoms with van der Waals surface area (Å²) in [5.41, 5.74) is 0. The van der Waals surface area contributed by atoms with Gasteiger partial charge in [-0.2, -0.15) is 0 Å². The summed E-state index contributed by atoms with van der Waals surface area (Å²) in [4.78, 5) is 24.6. The minimum Gasteiger partial charge on any atom is -0.466 e. The zero-order chi connectivity index (χ0) is 56.4.